The number of pyridine rings is 1. The minimum absolute atomic E-state index is 0.415. The quantitative estimate of drug-likeness (QED) is 0.728. The van der Waals surface area contributed by atoms with Gasteiger partial charge in [0.25, 0.3) is 0 Å². The Hall–Kier alpha value is -1.38. The maximum absolute atomic E-state index is 10.5. The summed E-state index contributed by atoms with van der Waals surface area (Å²) < 4.78 is 0. The predicted molar refractivity (Wildman–Crippen MR) is 64.6 cm³/mol. The van der Waals surface area contributed by atoms with E-state index in [4.69, 9.17) is 0 Å². The Balaban J connectivity index is 2.08. The number of hydrogen-bond acceptors (Lipinski definition) is 3. The fourth-order valence-corrected chi connectivity index (χ4v) is 2.08. The summed E-state index contributed by atoms with van der Waals surface area (Å²) in [5, 5.41) is 0. The van der Waals surface area contributed by atoms with E-state index in [-0.39, 0.29) is 0 Å². The Morgan fingerprint density at radius 3 is 2.88 bits per heavy atom. The molecule has 1 aliphatic heterocycles. The highest BCUT2D eigenvalue weighted by Gasteiger charge is 2.16. The molecule has 0 atom stereocenters. The second-order valence-corrected chi connectivity index (χ2v) is 4.53. The van der Waals surface area contributed by atoms with Gasteiger partial charge in [-0.3, -0.25) is 0 Å². The van der Waals surface area contributed by atoms with Crippen LogP contribution in [0.15, 0.2) is 18.2 Å². The van der Waals surface area contributed by atoms with Crippen molar-refractivity contribution in [3.05, 3.63) is 23.9 Å². The highest BCUT2D eigenvalue weighted by atomic mass is 16.1. The molecule has 0 unspecified atom stereocenters. The molecule has 3 heteroatoms. The van der Waals surface area contributed by atoms with E-state index in [2.05, 4.69) is 16.8 Å². The van der Waals surface area contributed by atoms with Gasteiger partial charge in [-0.15, -0.1) is 0 Å². The Morgan fingerprint density at radius 1 is 1.44 bits per heavy atom. The lowest BCUT2D eigenvalue weighted by atomic mass is 9.99. The lowest BCUT2D eigenvalue weighted by Crippen LogP contribution is -2.33. The number of carbonyl (C=O) groups is 1. The zero-order chi connectivity index (χ0) is 11.4. The average Bonchev–Trinajstić information content (AvgIpc) is 2.31. The van der Waals surface area contributed by atoms with Crippen LogP contribution < -0.4 is 4.90 Å². The summed E-state index contributed by atoms with van der Waals surface area (Å²) >= 11 is 0. The zero-order valence-electron chi connectivity index (χ0n) is 9.72. The van der Waals surface area contributed by atoms with Gasteiger partial charge in [0, 0.05) is 25.2 Å². The van der Waals surface area contributed by atoms with Gasteiger partial charge in [-0.05, 0) is 30.9 Å². The van der Waals surface area contributed by atoms with Crippen molar-refractivity contribution < 1.29 is 4.79 Å². The molecule has 16 heavy (non-hydrogen) atoms. The largest absolute Gasteiger partial charge is 0.357 e. The van der Waals surface area contributed by atoms with Gasteiger partial charge >= 0.3 is 0 Å². The molecule has 1 saturated heterocycles. The third-order valence-corrected chi connectivity index (χ3v) is 3.19. The van der Waals surface area contributed by atoms with E-state index in [1.165, 1.54) is 12.8 Å². The first-order valence-electron chi connectivity index (χ1n) is 5.94. The maximum atomic E-state index is 10.5. The monoisotopic (exact) mass is 218 g/mol. The molecule has 86 valence electrons. The van der Waals surface area contributed by atoms with Crippen molar-refractivity contribution in [3.8, 4) is 0 Å². The normalized spacial score (nSPS) is 17.4. The smallest absolute Gasteiger partial charge is 0.128 e. The summed E-state index contributed by atoms with van der Waals surface area (Å²) in [5.41, 5.74) is 0.867. The third kappa shape index (κ3) is 2.60. The van der Waals surface area contributed by atoms with E-state index in [0.29, 0.717) is 6.42 Å². The summed E-state index contributed by atoms with van der Waals surface area (Å²) in [4.78, 5) is 17.3. The first kappa shape index (κ1) is 11.1. The van der Waals surface area contributed by atoms with E-state index in [1.807, 2.05) is 18.2 Å². The van der Waals surface area contributed by atoms with Gasteiger partial charge in [-0.1, -0.05) is 13.0 Å². The van der Waals surface area contributed by atoms with Crippen molar-refractivity contribution >= 4 is 12.1 Å². The van der Waals surface area contributed by atoms with Crippen LogP contribution in [-0.4, -0.2) is 24.4 Å². The Labute approximate surface area is 96.5 Å². The molecule has 0 bridgehead atoms. The molecule has 0 spiro atoms. The molecule has 3 nitrogen and oxygen atoms in total. The van der Waals surface area contributed by atoms with Crippen molar-refractivity contribution in [1.29, 1.82) is 0 Å². The van der Waals surface area contributed by atoms with Crippen LogP contribution in [0.1, 0.15) is 25.5 Å². The fraction of sp³-hybridized carbons (Fsp3) is 0.538. The van der Waals surface area contributed by atoms with Crippen molar-refractivity contribution in [3.63, 3.8) is 0 Å². The van der Waals surface area contributed by atoms with E-state index in [9.17, 15) is 4.79 Å². The molecular weight excluding hydrogens is 200 g/mol. The Kier molecular flexibility index (Phi) is 3.54. The second-order valence-electron chi connectivity index (χ2n) is 4.53. The number of hydrogen-bond donors (Lipinski definition) is 0. The van der Waals surface area contributed by atoms with Crippen LogP contribution in [0.3, 0.4) is 0 Å². The molecular formula is C13H18N2O. The highest BCUT2D eigenvalue weighted by molar-refractivity contribution is 5.54. The van der Waals surface area contributed by atoms with Crippen molar-refractivity contribution in [1.82, 2.24) is 4.98 Å². The van der Waals surface area contributed by atoms with Crippen molar-refractivity contribution in [2.75, 3.05) is 18.0 Å². The van der Waals surface area contributed by atoms with Crippen LogP contribution in [-0.2, 0) is 11.2 Å². The molecule has 1 fully saturated rings. The van der Waals surface area contributed by atoms with E-state index in [1.54, 1.807) is 0 Å². The van der Waals surface area contributed by atoms with Gasteiger partial charge in [-0.2, -0.15) is 0 Å². The van der Waals surface area contributed by atoms with E-state index < -0.39 is 0 Å². The molecule has 1 aromatic rings. The molecule has 2 rings (SSSR count). The van der Waals surface area contributed by atoms with Crippen molar-refractivity contribution in [2.45, 2.75) is 26.2 Å². The Bertz CT molecular complexity index is 357. The number of rotatable bonds is 3. The summed E-state index contributed by atoms with van der Waals surface area (Å²) in [6, 6.07) is 5.92. The van der Waals surface area contributed by atoms with Gasteiger partial charge < -0.3 is 9.69 Å². The SMILES string of the molecule is CC1CCN(c2cccc(CC=O)n2)CC1. The molecule has 1 aliphatic rings. The van der Waals surface area contributed by atoms with E-state index in [0.717, 1.165) is 36.8 Å². The van der Waals surface area contributed by atoms with Crippen molar-refractivity contribution in [2.24, 2.45) is 5.92 Å². The van der Waals surface area contributed by atoms with Crippen LogP contribution >= 0.6 is 0 Å². The van der Waals surface area contributed by atoms with E-state index >= 15 is 0 Å². The average molecular weight is 218 g/mol. The molecule has 0 amide bonds. The zero-order valence-corrected chi connectivity index (χ0v) is 9.72. The molecule has 0 saturated carbocycles. The molecule has 1 aromatic heterocycles. The van der Waals surface area contributed by atoms with Crippen LogP contribution in [0.2, 0.25) is 0 Å². The number of aromatic nitrogens is 1. The third-order valence-electron chi connectivity index (χ3n) is 3.19. The number of anilines is 1. The topological polar surface area (TPSA) is 33.2 Å². The van der Waals surface area contributed by atoms with Crippen LogP contribution in [0.25, 0.3) is 0 Å². The number of aldehydes is 1. The minimum atomic E-state index is 0.415. The van der Waals surface area contributed by atoms with Gasteiger partial charge in [0.15, 0.2) is 0 Å². The maximum Gasteiger partial charge on any atom is 0.128 e. The van der Waals surface area contributed by atoms with Gasteiger partial charge in [-0.25, -0.2) is 4.98 Å². The Morgan fingerprint density at radius 2 is 2.19 bits per heavy atom. The fourth-order valence-electron chi connectivity index (χ4n) is 2.08. The lowest BCUT2D eigenvalue weighted by molar-refractivity contribution is -0.107. The van der Waals surface area contributed by atoms with Gasteiger partial charge in [0.05, 0.1) is 0 Å². The predicted octanol–water partition coefficient (Wildman–Crippen LogP) is 2.06. The van der Waals surface area contributed by atoms with Gasteiger partial charge in [0.1, 0.15) is 12.1 Å². The standard InChI is InChI=1S/C13H18N2O/c1-11-5-8-15(9-6-11)13-4-2-3-12(14-13)7-10-16/h2-4,10-11H,5-9H2,1H3. The molecule has 0 radical (unpaired) electrons. The second kappa shape index (κ2) is 5.10. The minimum Gasteiger partial charge on any atom is -0.357 e. The summed E-state index contributed by atoms with van der Waals surface area (Å²) in [6.07, 6.45) is 3.79. The lowest BCUT2D eigenvalue weighted by Gasteiger charge is -2.31. The molecule has 0 aliphatic carbocycles. The molecule has 0 aromatic carbocycles. The van der Waals surface area contributed by atoms with Gasteiger partial charge in [0.2, 0.25) is 0 Å². The first-order chi connectivity index (χ1) is 7.79. The number of piperidine rings is 1. The number of nitrogens with zero attached hydrogens (tertiary/aromatic N) is 2. The van der Waals surface area contributed by atoms with Crippen LogP contribution in [0.5, 0.6) is 0 Å². The molecule has 2 heterocycles. The summed E-state index contributed by atoms with van der Waals surface area (Å²) in [5.74, 6) is 1.85. The highest BCUT2D eigenvalue weighted by Crippen LogP contribution is 2.21. The van der Waals surface area contributed by atoms with Crippen LogP contribution in [0.4, 0.5) is 5.82 Å². The number of carbonyl (C=O) groups excluding carboxylic acids is 1. The first-order valence-corrected chi connectivity index (χ1v) is 5.94. The summed E-state index contributed by atoms with van der Waals surface area (Å²) in [7, 11) is 0. The molecule has 0 N–H and O–H groups in total. The van der Waals surface area contributed by atoms with Crippen LogP contribution in [0, 0.1) is 5.92 Å². The summed E-state index contributed by atoms with van der Waals surface area (Å²) in [6.45, 7) is 4.46.